The maximum atomic E-state index is 12.3. The number of halogens is 3. The minimum atomic E-state index is -5.70. The number of hydrogen-bond acceptors (Lipinski definition) is 6. The summed E-state index contributed by atoms with van der Waals surface area (Å²) < 4.78 is 64.8. The second-order valence-corrected chi connectivity index (χ2v) is 5.90. The number of fused-ring (bicyclic) bond motifs is 3. The summed E-state index contributed by atoms with van der Waals surface area (Å²) in [6, 6.07) is 2.58. The summed E-state index contributed by atoms with van der Waals surface area (Å²) in [7, 11) is -5.70. The molecule has 21 heavy (non-hydrogen) atoms. The fourth-order valence-corrected chi connectivity index (χ4v) is 2.57. The smallest absolute Gasteiger partial charge is 0.376 e. The van der Waals surface area contributed by atoms with E-state index in [1.165, 1.54) is 17.7 Å². The zero-order chi connectivity index (χ0) is 15.4. The first-order valence-electron chi connectivity index (χ1n) is 5.60. The van der Waals surface area contributed by atoms with Crippen molar-refractivity contribution < 1.29 is 25.8 Å². The maximum absolute atomic E-state index is 12.3. The van der Waals surface area contributed by atoms with E-state index in [9.17, 15) is 21.6 Å². The molecular formula is C10H7F3N4O3S. The van der Waals surface area contributed by atoms with Gasteiger partial charge in [-0.15, -0.1) is 5.10 Å². The number of hydrogen-bond donors (Lipinski definition) is 0. The van der Waals surface area contributed by atoms with E-state index >= 15 is 0 Å². The number of benzene rings is 1. The zero-order valence-corrected chi connectivity index (χ0v) is 11.2. The van der Waals surface area contributed by atoms with Crippen molar-refractivity contribution in [3.8, 4) is 17.1 Å². The Kier molecular flexibility index (Phi) is 2.74. The third-order valence-electron chi connectivity index (χ3n) is 3.11. The highest BCUT2D eigenvalue weighted by Gasteiger charge is 2.48. The molecule has 0 fully saturated rings. The molecule has 0 aliphatic carbocycles. The molecule has 0 radical (unpaired) electrons. The lowest BCUT2D eigenvalue weighted by Gasteiger charge is -2.13. The van der Waals surface area contributed by atoms with E-state index in [-0.39, 0.29) is 17.9 Å². The molecule has 1 aromatic carbocycles. The van der Waals surface area contributed by atoms with Gasteiger partial charge in [0.15, 0.2) is 5.82 Å². The van der Waals surface area contributed by atoms with E-state index in [1.54, 1.807) is 0 Å². The molecule has 7 nitrogen and oxygen atoms in total. The van der Waals surface area contributed by atoms with Crippen molar-refractivity contribution in [2.75, 3.05) is 0 Å². The second-order valence-electron chi connectivity index (χ2n) is 4.36. The van der Waals surface area contributed by atoms with E-state index in [1.807, 2.05) is 0 Å². The van der Waals surface area contributed by atoms with Crippen LogP contribution in [-0.4, -0.2) is 34.1 Å². The van der Waals surface area contributed by atoms with Gasteiger partial charge in [0.05, 0.1) is 6.54 Å². The average molecular weight is 320 g/mol. The van der Waals surface area contributed by atoms with E-state index in [4.69, 9.17) is 0 Å². The molecule has 112 valence electrons. The second kappa shape index (κ2) is 4.16. The Morgan fingerprint density at radius 2 is 2.05 bits per heavy atom. The molecular weight excluding hydrogens is 313 g/mol. The van der Waals surface area contributed by atoms with Gasteiger partial charge in [0.1, 0.15) is 5.75 Å². The van der Waals surface area contributed by atoms with Crippen LogP contribution in [0.15, 0.2) is 12.1 Å². The third kappa shape index (κ3) is 2.04. The van der Waals surface area contributed by atoms with Gasteiger partial charge >= 0.3 is 15.6 Å². The van der Waals surface area contributed by atoms with Gasteiger partial charge in [-0.3, -0.25) is 0 Å². The summed E-state index contributed by atoms with van der Waals surface area (Å²) in [5.74, 6) is 0.100. The van der Waals surface area contributed by atoms with Gasteiger partial charge in [-0.25, -0.2) is 4.68 Å². The Hall–Kier alpha value is -2.17. The van der Waals surface area contributed by atoms with Crippen molar-refractivity contribution in [2.24, 2.45) is 0 Å². The van der Waals surface area contributed by atoms with Crippen LogP contribution >= 0.6 is 0 Å². The van der Waals surface area contributed by atoms with Crippen molar-refractivity contribution in [3.05, 3.63) is 23.3 Å². The van der Waals surface area contributed by atoms with Crippen molar-refractivity contribution >= 4 is 10.1 Å². The molecule has 0 unspecified atom stereocenters. The summed E-state index contributed by atoms with van der Waals surface area (Å²) in [6.07, 6.45) is 0. The summed E-state index contributed by atoms with van der Waals surface area (Å²) in [4.78, 5) is 0. The molecule has 1 aromatic heterocycles. The lowest BCUT2D eigenvalue weighted by atomic mass is 10.0. The van der Waals surface area contributed by atoms with E-state index in [2.05, 4.69) is 19.7 Å². The van der Waals surface area contributed by atoms with Crippen molar-refractivity contribution in [1.29, 1.82) is 0 Å². The molecule has 3 rings (SSSR count). The van der Waals surface area contributed by atoms with Gasteiger partial charge in [-0.1, -0.05) is 0 Å². The lowest BCUT2D eigenvalue weighted by molar-refractivity contribution is -0.0500. The van der Waals surface area contributed by atoms with Gasteiger partial charge in [0.2, 0.25) is 0 Å². The fraction of sp³-hybridized carbons (Fsp3) is 0.300. The summed E-state index contributed by atoms with van der Waals surface area (Å²) >= 11 is 0. The van der Waals surface area contributed by atoms with Gasteiger partial charge in [-0.05, 0) is 40.6 Å². The molecule has 1 aliphatic rings. The molecule has 11 heteroatoms. The highest BCUT2D eigenvalue weighted by molar-refractivity contribution is 7.88. The quantitative estimate of drug-likeness (QED) is 0.521. The standard InChI is InChI=1S/C10H7F3N4O3S/c1-5-7-4-17-9(14-15-16-17)6(7)2-3-8(5)20-21(18,19)10(11,12)13/h2-3H,4H2,1H3. The molecule has 1 aliphatic heterocycles. The van der Waals surface area contributed by atoms with Crippen LogP contribution in [0.3, 0.4) is 0 Å². The lowest BCUT2D eigenvalue weighted by Crippen LogP contribution is -2.28. The predicted octanol–water partition coefficient (Wildman–Crippen LogP) is 1.24. The Morgan fingerprint density at radius 3 is 2.71 bits per heavy atom. The number of aromatic nitrogens is 4. The van der Waals surface area contributed by atoms with E-state index in [0.717, 1.165) is 6.07 Å². The van der Waals surface area contributed by atoms with Crippen LogP contribution in [0.25, 0.3) is 11.4 Å². The summed E-state index contributed by atoms with van der Waals surface area (Å²) in [5, 5.41) is 11.0. The maximum Gasteiger partial charge on any atom is 0.534 e. The van der Waals surface area contributed by atoms with Crippen LogP contribution in [-0.2, 0) is 16.7 Å². The first kappa shape index (κ1) is 13.8. The molecule has 0 saturated heterocycles. The first-order valence-corrected chi connectivity index (χ1v) is 7.01. The van der Waals surface area contributed by atoms with E-state index in [0.29, 0.717) is 17.0 Å². The van der Waals surface area contributed by atoms with Crippen LogP contribution < -0.4 is 4.18 Å². The van der Waals surface area contributed by atoms with Crippen LogP contribution in [0.1, 0.15) is 11.1 Å². The van der Waals surface area contributed by atoms with Crippen LogP contribution in [0.4, 0.5) is 13.2 Å². The summed E-state index contributed by atoms with van der Waals surface area (Å²) in [5.41, 5.74) is -3.96. The minimum absolute atomic E-state index is 0.243. The van der Waals surface area contributed by atoms with Crippen LogP contribution in [0.5, 0.6) is 5.75 Å². The first-order chi connectivity index (χ1) is 9.71. The molecule has 2 heterocycles. The number of nitrogens with zero attached hydrogens (tertiary/aromatic N) is 4. The third-order valence-corrected chi connectivity index (χ3v) is 4.08. The number of rotatable bonds is 2. The Labute approximate surface area is 116 Å². The van der Waals surface area contributed by atoms with Gasteiger partial charge in [0.25, 0.3) is 0 Å². The Bertz CT molecular complexity index is 829. The highest BCUT2D eigenvalue weighted by atomic mass is 32.2. The largest absolute Gasteiger partial charge is 0.534 e. The zero-order valence-electron chi connectivity index (χ0n) is 10.4. The molecule has 2 aromatic rings. The van der Waals surface area contributed by atoms with Crippen molar-refractivity contribution in [3.63, 3.8) is 0 Å². The molecule has 0 saturated carbocycles. The van der Waals surface area contributed by atoms with Crippen LogP contribution in [0.2, 0.25) is 0 Å². The normalized spacial score (nSPS) is 13.9. The van der Waals surface area contributed by atoms with Crippen molar-refractivity contribution in [2.45, 2.75) is 19.0 Å². The molecule has 0 atom stereocenters. The Morgan fingerprint density at radius 1 is 1.33 bits per heavy atom. The van der Waals surface area contributed by atoms with E-state index < -0.39 is 15.6 Å². The number of alkyl halides is 3. The SMILES string of the molecule is Cc1c(OS(=O)(=O)C(F)(F)F)ccc2c1Cn1nnnc1-2. The van der Waals surface area contributed by atoms with Gasteiger partial charge < -0.3 is 4.18 Å². The van der Waals surface area contributed by atoms with Gasteiger partial charge in [-0.2, -0.15) is 21.6 Å². The predicted molar refractivity (Wildman–Crippen MR) is 62.7 cm³/mol. The van der Waals surface area contributed by atoms with Crippen LogP contribution in [0, 0.1) is 6.92 Å². The topological polar surface area (TPSA) is 87.0 Å². The number of tetrazole rings is 1. The average Bonchev–Trinajstić information content (AvgIpc) is 2.92. The summed E-state index contributed by atoms with van der Waals surface area (Å²) in [6.45, 7) is 1.71. The monoisotopic (exact) mass is 320 g/mol. The highest BCUT2D eigenvalue weighted by Crippen LogP contribution is 2.37. The molecule has 0 spiro atoms. The van der Waals surface area contributed by atoms with Crippen molar-refractivity contribution in [1.82, 2.24) is 20.2 Å². The van der Waals surface area contributed by atoms with Gasteiger partial charge in [0, 0.05) is 5.56 Å². The fourth-order valence-electron chi connectivity index (χ4n) is 2.06. The molecule has 0 N–H and O–H groups in total. The Balaban J connectivity index is 2.02. The molecule has 0 bridgehead atoms. The minimum Gasteiger partial charge on any atom is -0.376 e. The molecule has 0 amide bonds.